The highest BCUT2D eigenvalue weighted by Gasteiger charge is 2.22. The van der Waals surface area contributed by atoms with E-state index in [2.05, 4.69) is 38.3 Å². The summed E-state index contributed by atoms with van der Waals surface area (Å²) < 4.78 is 30.9. The molecule has 0 spiro atoms. The minimum Gasteiger partial charge on any atom is -0.383 e. The number of nitrogens with one attached hydrogen (secondary N) is 2. The number of hydrogen-bond donors (Lipinski definition) is 2. The van der Waals surface area contributed by atoms with Crippen molar-refractivity contribution in [1.82, 2.24) is 0 Å². The molecular weight excluding hydrogens is 378 g/mol. The van der Waals surface area contributed by atoms with Crippen LogP contribution in [-0.2, 0) is 0 Å². The molecule has 0 aliphatic heterocycles. The minimum absolute atomic E-state index is 0.301. The van der Waals surface area contributed by atoms with Crippen LogP contribution in [0.5, 0.6) is 0 Å². The maximum atomic E-state index is 15.4. The molecule has 3 aromatic carbocycles. The van der Waals surface area contributed by atoms with Crippen LogP contribution in [0.3, 0.4) is 0 Å². The molecule has 30 heavy (non-hydrogen) atoms. The van der Waals surface area contributed by atoms with Crippen molar-refractivity contribution < 1.29 is 8.78 Å². The summed E-state index contributed by atoms with van der Waals surface area (Å²) in [6, 6.07) is 15.5. The molecule has 2 nitrogen and oxygen atoms in total. The Kier molecular flexibility index (Phi) is 6.45. The number of hydrogen-bond acceptors (Lipinski definition) is 2. The highest BCUT2D eigenvalue weighted by Crippen LogP contribution is 2.38. The van der Waals surface area contributed by atoms with Crippen LogP contribution in [0, 0.1) is 25.5 Å². The average Bonchev–Trinajstić information content (AvgIpc) is 2.68. The smallest absolute Gasteiger partial charge is 0.135 e. The molecular formula is C26H30F2N2. The fourth-order valence-electron chi connectivity index (χ4n) is 3.74. The average molecular weight is 409 g/mol. The van der Waals surface area contributed by atoms with Crippen LogP contribution in [0.15, 0.2) is 48.5 Å². The third kappa shape index (κ3) is 4.48. The molecule has 0 aromatic heterocycles. The molecule has 0 unspecified atom stereocenters. The molecule has 3 rings (SSSR count). The SMILES string of the molecule is Cc1c(F)c(-c2ccc(NC(C)C)cc2)c(C)c(F)c1-c1ccc(NC(C)C)cc1. The number of halogens is 2. The van der Waals surface area contributed by atoms with Gasteiger partial charge in [0.05, 0.1) is 0 Å². The van der Waals surface area contributed by atoms with E-state index in [1.54, 1.807) is 13.8 Å². The largest absolute Gasteiger partial charge is 0.383 e. The highest BCUT2D eigenvalue weighted by molar-refractivity contribution is 5.79. The Morgan fingerprint density at radius 3 is 1.13 bits per heavy atom. The Morgan fingerprint density at radius 1 is 0.567 bits per heavy atom. The molecule has 0 amide bonds. The van der Waals surface area contributed by atoms with Crippen molar-refractivity contribution in [3.63, 3.8) is 0 Å². The lowest BCUT2D eigenvalue weighted by molar-refractivity contribution is 0.592. The van der Waals surface area contributed by atoms with Gasteiger partial charge in [-0.15, -0.1) is 0 Å². The van der Waals surface area contributed by atoms with Gasteiger partial charge in [0, 0.05) is 34.6 Å². The predicted molar refractivity (Wildman–Crippen MR) is 124 cm³/mol. The Balaban J connectivity index is 2.04. The number of benzene rings is 3. The molecule has 158 valence electrons. The van der Waals surface area contributed by atoms with Gasteiger partial charge in [-0.05, 0) is 88.1 Å². The van der Waals surface area contributed by atoms with Gasteiger partial charge in [-0.25, -0.2) is 8.78 Å². The molecule has 0 fully saturated rings. The highest BCUT2D eigenvalue weighted by atomic mass is 19.1. The Labute approximate surface area is 178 Å². The summed E-state index contributed by atoms with van der Waals surface area (Å²) in [5, 5.41) is 6.62. The molecule has 0 aliphatic carbocycles. The molecule has 0 saturated carbocycles. The van der Waals surface area contributed by atoms with E-state index in [0.717, 1.165) is 11.4 Å². The molecule has 0 atom stereocenters. The molecule has 0 radical (unpaired) electrons. The molecule has 0 bridgehead atoms. The van der Waals surface area contributed by atoms with Gasteiger partial charge in [-0.2, -0.15) is 0 Å². The van der Waals surface area contributed by atoms with E-state index in [0.29, 0.717) is 45.5 Å². The first kappa shape index (κ1) is 21.8. The van der Waals surface area contributed by atoms with Crippen LogP contribution in [0.1, 0.15) is 38.8 Å². The Morgan fingerprint density at radius 2 is 0.867 bits per heavy atom. The Hall–Kier alpha value is -2.88. The lowest BCUT2D eigenvalue weighted by Gasteiger charge is -2.18. The third-order valence-electron chi connectivity index (χ3n) is 5.11. The van der Waals surface area contributed by atoms with Crippen molar-refractivity contribution in [3.8, 4) is 22.3 Å². The first-order chi connectivity index (χ1) is 14.2. The van der Waals surface area contributed by atoms with Gasteiger partial charge in [0.2, 0.25) is 0 Å². The monoisotopic (exact) mass is 408 g/mol. The number of rotatable bonds is 6. The summed E-state index contributed by atoms with van der Waals surface area (Å²) in [5.41, 5.74) is 4.54. The zero-order valence-electron chi connectivity index (χ0n) is 18.5. The van der Waals surface area contributed by atoms with Gasteiger partial charge in [0.25, 0.3) is 0 Å². The molecule has 4 heteroatoms. The minimum atomic E-state index is -0.377. The fraction of sp³-hybridized carbons (Fsp3) is 0.308. The standard InChI is InChI=1S/C26H30F2N2/c1-15(2)29-21-11-7-19(8-12-21)23-17(5)26(28)24(18(6)25(23)27)20-9-13-22(14-10-20)30-16(3)4/h7-16,29-30H,1-6H3. The van der Waals surface area contributed by atoms with Gasteiger partial charge in [-0.3, -0.25) is 0 Å². The lowest BCUT2D eigenvalue weighted by Crippen LogP contribution is -2.09. The van der Waals surface area contributed by atoms with Crippen molar-refractivity contribution in [2.75, 3.05) is 10.6 Å². The van der Waals surface area contributed by atoms with E-state index in [1.165, 1.54) is 0 Å². The second-order valence-corrected chi connectivity index (χ2v) is 8.38. The molecule has 0 saturated heterocycles. The normalized spacial score (nSPS) is 11.3. The maximum Gasteiger partial charge on any atom is 0.135 e. The predicted octanol–water partition coefficient (Wildman–Crippen LogP) is 7.56. The van der Waals surface area contributed by atoms with E-state index >= 15 is 8.78 Å². The van der Waals surface area contributed by atoms with E-state index in [4.69, 9.17) is 0 Å². The summed E-state index contributed by atoms with van der Waals surface area (Å²) in [6.45, 7) is 11.5. The van der Waals surface area contributed by atoms with E-state index in [1.807, 2.05) is 48.5 Å². The first-order valence-corrected chi connectivity index (χ1v) is 10.4. The second-order valence-electron chi connectivity index (χ2n) is 8.38. The lowest BCUT2D eigenvalue weighted by atomic mass is 9.90. The summed E-state index contributed by atoms with van der Waals surface area (Å²) >= 11 is 0. The quantitative estimate of drug-likeness (QED) is 0.440. The van der Waals surface area contributed by atoms with Crippen molar-refractivity contribution in [3.05, 3.63) is 71.3 Å². The fourth-order valence-corrected chi connectivity index (χ4v) is 3.74. The van der Waals surface area contributed by atoms with Crippen molar-refractivity contribution in [2.24, 2.45) is 0 Å². The molecule has 3 aromatic rings. The van der Waals surface area contributed by atoms with Gasteiger partial charge in [-0.1, -0.05) is 24.3 Å². The third-order valence-corrected chi connectivity index (χ3v) is 5.11. The summed E-state index contributed by atoms with van der Waals surface area (Å²) in [4.78, 5) is 0. The van der Waals surface area contributed by atoms with Crippen LogP contribution in [0.2, 0.25) is 0 Å². The molecule has 0 aliphatic rings. The Bertz CT molecular complexity index is 907. The summed E-state index contributed by atoms with van der Waals surface area (Å²) in [5.74, 6) is -0.754. The molecule has 0 heterocycles. The van der Waals surface area contributed by atoms with E-state index in [-0.39, 0.29) is 11.6 Å². The molecule has 2 N–H and O–H groups in total. The second kappa shape index (κ2) is 8.86. The van der Waals surface area contributed by atoms with Crippen LogP contribution in [0.4, 0.5) is 20.2 Å². The van der Waals surface area contributed by atoms with Crippen LogP contribution in [-0.4, -0.2) is 12.1 Å². The van der Waals surface area contributed by atoms with Gasteiger partial charge < -0.3 is 10.6 Å². The topological polar surface area (TPSA) is 24.1 Å². The van der Waals surface area contributed by atoms with Crippen molar-refractivity contribution in [2.45, 2.75) is 53.6 Å². The number of anilines is 2. The van der Waals surface area contributed by atoms with E-state index < -0.39 is 0 Å². The van der Waals surface area contributed by atoms with Crippen LogP contribution < -0.4 is 10.6 Å². The van der Waals surface area contributed by atoms with Crippen molar-refractivity contribution in [1.29, 1.82) is 0 Å². The summed E-state index contributed by atoms with van der Waals surface area (Å²) in [7, 11) is 0. The van der Waals surface area contributed by atoms with Crippen molar-refractivity contribution >= 4 is 11.4 Å². The van der Waals surface area contributed by atoms with Gasteiger partial charge >= 0.3 is 0 Å². The van der Waals surface area contributed by atoms with E-state index in [9.17, 15) is 0 Å². The first-order valence-electron chi connectivity index (χ1n) is 10.4. The van der Waals surface area contributed by atoms with Crippen LogP contribution >= 0.6 is 0 Å². The maximum absolute atomic E-state index is 15.4. The van der Waals surface area contributed by atoms with Crippen LogP contribution in [0.25, 0.3) is 22.3 Å². The van der Waals surface area contributed by atoms with Gasteiger partial charge in [0.1, 0.15) is 11.6 Å². The van der Waals surface area contributed by atoms with Gasteiger partial charge in [0.15, 0.2) is 0 Å². The zero-order valence-corrected chi connectivity index (χ0v) is 18.5. The zero-order chi connectivity index (χ0) is 22.0. The summed E-state index contributed by atoms with van der Waals surface area (Å²) in [6.07, 6.45) is 0.